The number of H-pyrrole nitrogens is 1. The summed E-state index contributed by atoms with van der Waals surface area (Å²) in [5, 5.41) is 40.8. The standard InChI is InChI=1S/C45H80N18O11/c1-26(57-42(71)36(34(64)22-49)62-38(67)28(52-2)10-3-5-17-46)37(66)55-24-35(65)58-31(12-7-19-48)43(72)63-21-9-14-33(63)41(70)60-30(16-15-27-23-53-25-56-27)40(69)59-29(11-4-6-18-47)39(68)61-32(44(73)74)13-8-20-54-45(50)51/h13,23,25-26,28-31,33-34,36,52,64H,3-12,14-22,24,46-49H2,1-2H3,(H,53,56)(H,55,66)(H,57,71)(H,58,65)(H,59,69)(H,60,70)(H,61,68)(H,62,67)(H,73,74)(H4,50,51,54)/b32-13-/t26-,28-,29-,30-,31+,33-,34-,36-/m0/s1. The second-order valence-corrected chi connectivity index (χ2v) is 17.6. The van der Waals surface area contributed by atoms with Crippen molar-refractivity contribution in [1.82, 2.24) is 57.4 Å². The van der Waals surface area contributed by atoms with Gasteiger partial charge in [0.25, 0.3) is 0 Å². The van der Waals surface area contributed by atoms with Crippen molar-refractivity contribution in [1.29, 1.82) is 0 Å². The van der Waals surface area contributed by atoms with E-state index in [2.05, 4.69) is 57.5 Å². The number of amides is 8. The van der Waals surface area contributed by atoms with Crippen molar-refractivity contribution < 1.29 is 53.4 Å². The fourth-order valence-corrected chi connectivity index (χ4v) is 7.75. The molecule has 2 rings (SSSR count). The number of aromatic nitrogens is 2. The van der Waals surface area contributed by atoms with Gasteiger partial charge in [0.05, 0.1) is 25.0 Å². The highest BCUT2D eigenvalue weighted by Crippen LogP contribution is 2.21. The lowest BCUT2D eigenvalue weighted by Crippen LogP contribution is -2.60. The van der Waals surface area contributed by atoms with E-state index in [0.717, 1.165) is 0 Å². The van der Waals surface area contributed by atoms with Crippen LogP contribution in [0.4, 0.5) is 0 Å². The van der Waals surface area contributed by atoms with E-state index in [-0.39, 0.29) is 77.1 Å². The smallest absolute Gasteiger partial charge is 0.352 e. The fourth-order valence-electron chi connectivity index (χ4n) is 7.75. The molecule has 0 bridgehead atoms. The van der Waals surface area contributed by atoms with E-state index in [9.17, 15) is 53.4 Å². The van der Waals surface area contributed by atoms with Crippen molar-refractivity contribution in [3.63, 3.8) is 0 Å². The second kappa shape index (κ2) is 34.6. The number of nitrogens with zero attached hydrogens (tertiary/aromatic N) is 3. The number of unbranched alkanes of at least 4 members (excludes halogenated alkanes) is 2. The fraction of sp³-hybridized carbons (Fsp3) is 0.667. The molecule has 1 aliphatic rings. The predicted molar refractivity (Wildman–Crippen MR) is 271 cm³/mol. The number of guanidine groups is 1. The lowest BCUT2D eigenvalue weighted by Gasteiger charge is -2.30. The van der Waals surface area contributed by atoms with Crippen LogP contribution in [0.2, 0.25) is 0 Å². The van der Waals surface area contributed by atoms with E-state index in [0.29, 0.717) is 50.8 Å². The van der Waals surface area contributed by atoms with E-state index in [1.54, 1.807) is 7.05 Å². The van der Waals surface area contributed by atoms with Gasteiger partial charge in [0, 0.05) is 31.5 Å². The van der Waals surface area contributed by atoms with Crippen LogP contribution in [0, 0.1) is 0 Å². The van der Waals surface area contributed by atoms with Gasteiger partial charge >= 0.3 is 5.97 Å². The average molecular weight is 1050 g/mol. The molecule has 8 atom stereocenters. The van der Waals surface area contributed by atoms with Gasteiger partial charge in [-0.15, -0.1) is 0 Å². The third-order valence-electron chi connectivity index (χ3n) is 11.9. The molecule has 8 amide bonds. The van der Waals surface area contributed by atoms with Gasteiger partial charge in [-0.1, -0.05) is 12.5 Å². The van der Waals surface area contributed by atoms with Gasteiger partial charge in [-0.05, 0) is 111 Å². The number of nitrogens with two attached hydrogens (primary N) is 6. The third-order valence-corrected chi connectivity index (χ3v) is 11.9. The molecule has 1 fully saturated rings. The largest absolute Gasteiger partial charge is 0.477 e. The van der Waals surface area contributed by atoms with Crippen LogP contribution in [0.3, 0.4) is 0 Å². The summed E-state index contributed by atoms with van der Waals surface area (Å²) in [6.45, 7) is 1.30. The Kier molecular flexibility index (Phi) is 29.6. The topological polar surface area (TPSA) is 491 Å². The minimum absolute atomic E-state index is 0.00566. The van der Waals surface area contributed by atoms with Crippen molar-refractivity contribution in [2.75, 3.05) is 52.9 Å². The molecule has 23 N–H and O–H groups in total. The quantitative estimate of drug-likeness (QED) is 0.0129. The second-order valence-electron chi connectivity index (χ2n) is 17.6. The Bertz CT molecular complexity index is 2040. The Morgan fingerprint density at radius 1 is 0.797 bits per heavy atom. The molecule has 1 aliphatic heterocycles. The molecule has 0 aromatic carbocycles. The summed E-state index contributed by atoms with van der Waals surface area (Å²) in [6, 6.07) is -8.32. The predicted octanol–water partition coefficient (Wildman–Crippen LogP) is -6.45. The number of aromatic amines is 1. The van der Waals surface area contributed by atoms with Crippen molar-refractivity contribution >= 4 is 59.2 Å². The van der Waals surface area contributed by atoms with Crippen molar-refractivity contribution in [3.05, 3.63) is 30.0 Å². The van der Waals surface area contributed by atoms with E-state index in [4.69, 9.17) is 34.4 Å². The van der Waals surface area contributed by atoms with Crippen LogP contribution in [-0.4, -0.2) is 186 Å². The Morgan fingerprint density at radius 2 is 1.43 bits per heavy atom. The average Bonchev–Trinajstić information content (AvgIpc) is 4.09. The van der Waals surface area contributed by atoms with Gasteiger partial charge in [-0.2, -0.15) is 0 Å². The van der Waals surface area contributed by atoms with Crippen molar-refractivity contribution in [3.8, 4) is 0 Å². The summed E-state index contributed by atoms with van der Waals surface area (Å²) < 4.78 is 0. The molecule has 29 nitrogen and oxygen atoms in total. The van der Waals surface area contributed by atoms with Gasteiger partial charge in [-0.25, -0.2) is 9.78 Å². The van der Waals surface area contributed by atoms with Gasteiger partial charge in [0.2, 0.25) is 47.3 Å². The molecular formula is C45H80N18O11. The highest BCUT2D eigenvalue weighted by Gasteiger charge is 2.39. The number of imidazole rings is 1. The van der Waals surface area contributed by atoms with Gasteiger partial charge in [0.15, 0.2) is 5.96 Å². The van der Waals surface area contributed by atoms with Crippen LogP contribution in [0.15, 0.2) is 29.3 Å². The number of aliphatic carboxylic acids is 1. The number of carbonyl (C=O) groups excluding carboxylic acids is 8. The van der Waals surface area contributed by atoms with E-state index >= 15 is 0 Å². The summed E-state index contributed by atoms with van der Waals surface area (Å²) in [5.41, 5.74) is 33.4. The SMILES string of the molecule is CN[C@@H](CCCCN)C(=O)N[C@H](C(=O)N[C@@H](C)C(=O)NCC(=O)N[C@H](CCCN)C(=O)N1CCC[C@H]1C(=O)N[C@@H](CCc1cnc[nH]1)C(=O)N[C@@H](CCCCN)C(=O)N/C(=C\CCN=C(N)N)C(=O)O)[C@@H](O)CN. The Hall–Kier alpha value is -6.79. The third kappa shape index (κ3) is 22.5. The van der Waals surface area contributed by atoms with Crippen LogP contribution in [0.5, 0.6) is 0 Å². The number of carboxylic acids is 1. The number of hydrogen-bond acceptors (Lipinski definition) is 17. The minimum Gasteiger partial charge on any atom is -0.477 e. The lowest BCUT2D eigenvalue weighted by molar-refractivity contribution is -0.142. The number of likely N-dealkylation sites (N-methyl/N-ethyl adjacent to an activating group) is 1. The van der Waals surface area contributed by atoms with Crippen LogP contribution in [-0.2, 0) is 49.6 Å². The van der Waals surface area contributed by atoms with Crippen LogP contribution >= 0.6 is 0 Å². The van der Waals surface area contributed by atoms with E-state index in [1.807, 2.05) is 0 Å². The zero-order valence-corrected chi connectivity index (χ0v) is 42.4. The van der Waals surface area contributed by atoms with Gasteiger partial charge < -0.3 is 97.0 Å². The normalized spacial score (nSPS) is 16.2. The highest BCUT2D eigenvalue weighted by atomic mass is 16.4. The molecule has 0 spiro atoms. The summed E-state index contributed by atoms with van der Waals surface area (Å²) >= 11 is 0. The number of nitrogens with one attached hydrogen (secondary N) is 9. The minimum atomic E-state index is -1.52. The zero-order chi connectivity index (χ0) is 55.2. The molecule has 1 saturated heterocycles. The summed E-state index contributed by atoms with van der Waals surface area (Å²) in [5.74, 6) is -7.69. The molecule has 0 radical (unpaired) electrons. The molecule has 1 aromatic rings. The number of carboxylic acid groups (broad SMARTS) is 1. The van der Waals surface area contributed by atoms with E-state index < -0.39 is 120 Å². The number of aliphatic imine (C=N–C) groups is 1. The molecule has 2 heterocycles. The molecular weight excluding hydrogens is 969 g/mol. The van der Waals surface area contributed by atoms with E-state index in [1.165, 1.54) is 30.4 Å². The maximum absolute atomic E-state index is 14.2. The van der Waals surface area contributed by atoms with Crippen LogP contribution in [0.25, 0.3) is 0 Å². The number of aliphatic hydroxyl groups excluding tert-OH is 1. The monoisotopic (exact) mass is 1050 g/mol. The molecule has 1 aromatic heterocycles. The first-order valence-electron chi connectivity index (χ1n) is 24.8. The molecule has 0 unspecified atom stereocenters. The molecule has 74 heavy (non-hydrogen) atoms. The first-order valence-corrected chi connectivity index (χ1v) is 24.8. The number of hydrogen-bond donors (Lipinski definition) is 17. The van der Waals surface area contributed by atoms with Gasteiger partial charge in [-0.3, -0.25) is 43.3 Å². The zero-order valence-electron chi connectivity index (χ0n) is 42.4. The number of carbonyl (C=O) groups is 9. The number of aryl methyl sites for hydroxylation is 1. The maximum Gasteiger partial charge on any atom is 0.352 e. The molecule has 0 saturated carbocycles. The number of likely N-dealkylation sites (tertiary alicyclic amines) is 1. The van der Waals surface area contributed by atoms with Crippen molar-refractivity contribution in [2.24, 2.45) is 39.4 Å². The van der Waals surface area contributed by atoms with Crippen molar-refractivity contribution in [2.45, 2.75) is 139 Å². The summed E-state index contributed by atoms with van der Waals surface area (Å²) in [4.78, 5) is 133. The Morgan fingerprint density at radius 3 is 2.03 bits per heavy atom. The first-order chi connectivity index (χ1) is 35.3. The van der Waals surface area contributed by atoms with Crippen LogP contribution in [0.1, 0.15) is 89.7 Å². The molecule has 0 aliphatic carbocycles. The highest BCUT2D eigenvalue weighted by molar-refractivity contribution is 5.99. The van der Waals surface area contributed by atoms with Crippen LogP contribution < -0.4 is 76.9 Å². The number of aliphatic hydroxyl groups is 1. The Labute approximate surface area is 430 Å². The maximum atomic E-state index is 14.2. The molecule has 416 valence electrons. The lowest BCUT2D eigenvalue weighted by atomic mass is 10.0. The van der Waals surface area contributed by atoms with Gasteiger partial charge in [0.1, 0.15) is 41.9 Å². The first kappa shape index (κ1) is 63.3. The number of rotatable bonds is 36. The summed E-state index contributed by atoms with van der Waals surface area (Å²) in [6.07, 6.45) is 6.51. The summed E-state index contributed by atoms with van der Waals surface area (Å²) in [7, 11) is 1.56. The Balaban J connectivity index is 2.21. The molecule has 29 heteroatoms.